The van der Waals surface area contributed by atoms with E-state index in [-0.39, 0.29) is 23.4 Å². The molecule has 0 unspecified atom stereocenters. The Morgan fingerprint density at radius 1 is 1.17 bits per heavy atom. The maximum absolute atomic E-state index is 13.3. The van der Waals surface area contributed by atoms with E-state index in [0.717, 1.165) is 24.9 Å². The zero-order valence-electron chi connectivity index (χ0n) is 17.6. The second-order valence-corrected chi connectivity index (χ2v) is 10.2. The molecule has 6 heteroatoms. The summed E-state index contributed by atoms with van der Waals surface area (Å²) in [4.78, 5) is 31.0. The number of benzene rings is 1. The molecule has 0 spiro atoms. The van der Waals surface area contributed by atoms with Crippen molar-refractivity contribution in [2.75, 3.05) is 13.2 Å². The van der Waals surface area contributed by atoms with Crippen LogP contribution in [0.4, 0.5) is 4.79 Å². The van der Waals surface area contributed by atoms with E-state index in [1.54, 1.807) is 18.3 Å². The number of nitrogens with zero attached hydrogens (tertiary/aromatic N) is 2. The fourth-order valence-electron chi connectivity index (χ4n) is 4.30. The average Bonchev–Trinajstić information content (AvgIpc) is 3.39. The van der Waals surface area contributed by atoms with Crippen molar-refractivity contribution in [1.29, 1.82) is 0 Å². The molecule has 1 N–H and O–H groups in total. The quantitative estimate of drug-likeness (QED) is 0.748. The van der Waals surface area contributed by atoms with Crippen LogP contribution in [-0.4, -0.2) is 35.0 Å². The van der Waals surface area contributed by atoms with Crippen LogP contribution in [0.5, 0.6) is 0 Å². The molecule has 0 bridgehead atoms. The van der Waals surface area contributed by atoms with E-state index >= 15 is 0 Å². The molecule has 1 aromatic heterocycles. The lowest BCUT2D eigenvalue weighted by Crippen LogP contribution is -2.43. The number of urea groups is 1. The van der Waals surface area contributed by atoms with E-state index in [2.05, 4.69) is 60.6 Å². The average molecular weight is 412 g/mol. The molecule has 4 rings (SSSR count). The molecule has 0 saturated carbocycles. The van der Waals surface area contributed by atoms with Crippen LogP contribution in [0.25, 0.3) is 0 Å². The van der Waals surface area contributed by atoms with Crippen LogP contribution in [-0.2, 0) is 15.7 Å². The number of amides is 3. The number of carbonyl (C=O) groups excluding carboxylic acids is 2. The molecule has 3 amide bonds. The van der Waals surface area contributed by atoms with E-state index in [1.165, 1.54) is 15.3 Å². The van der Waals surface area contributed by atoms with Crippen LogP contribution >= 0.6 is 11.3 Å². The van der Waals surface area contributed by atoms with Gasteiger partial charge >= 0.3 is 6.03 Å². The minimum Gasteiger partial charge on any atom is -0.319 e. The standard InChI is InChI=1S/C23H29N3O2S/c1-22(2,3)16-9-11-17(12-10-16)23(4)20(27)26(21(28)24-23)15-25-13-5-7-18(25)19-8-6-14-29-19/h6,8-12,14,18H,5,7,13,15H2,1-4H3,(H,24,28)/t18-,23-/m0/s1. The minimum atomic E-state index is -1.02. The molecule has 2 aliphatic heterocycles. The van der Waals surface area contributed by atoms with Crippen LogP contribution in [0.3, 0.4) is 0 Å². The number of carbonyl (C=O) groups is 2. The van der Waals surface area contributed by atoms with Crippen LogP contribution in [0.2, 0.25) is 0 Å². The highest BCUT2D eigenvalue weighted by Gasteiger charge is 2.50. The smallest absolute Gasteiger partial charge is 0.319 e. The number of likely N-dealkylation sites (tertiary alicyclic amines) is 1. The zero-order valence-corrected chi connectivity index (χ0v) is 18.4. The lowest BCUT2D eigenvalue weighted by Gasteiger charge is -2.28. The van der Waals surface area contributed by atoms with Crippen molar-refractivity contribution in [2.45, 2.75) is 57.5 Å². The van der Waals surface area contributed by atoms with E-state index in [9.17, 15) is 9.59 Å². The second kappa shape index (κ2) is 7.26. The molecule has 2 aliphatic rings. The van der Waals surface area contributed by atoms with Gasteiger partial charge in [0.2, 0.25) is 0 Å². The topological polar surface area (TPSA) is 52.7 Å². The molecule has 1 aromatic carbocycles. The van der Waals surface area contributed by atoms with Crippen LogP contribution in [0, 0.1) is 0 Å². The Labute approximate surface area is 176 Å². The Balaban J connectivity index is 1.54. The van der Waals surface area contributed by atoms with Gasteiger partial charge in [0.1, 0.15) is 5.54 Å². The Kier molecular flexibility index (Phi) is 5.03. The molecular weight excluding hydrogens is 382 g/mol. The predicted octanol–water partition coefficient (Wildman–Crippen LogP) is 4.61. The monoisotopic (exact) mass is 411 g/mol. The minimum absolute atomic E-state index is 0.0426. The predicted molar refractivity (Wildman–Crippen MR) is 116 cm³/mol. The summed E-state index contributed by atoms with van der Waals surface area (Å²) in [6.45, 7) is 9.52. The number of rotatable bonds is 4. The van der Waals surface area contributed by atoms with E-state index in [1.807, 2.05) is 12.1 Å². The van der Waals surface area contributed by atoms with Gasteiger partial charge < -0.3 is 5.32 Å². The molecule has 2 aromatic rings. The molecule has 0 radical (unpaired) electrons. The fourth-order valence-corrected chi connectivity index (χ4v) is 5.20. The first-order valence-corrected chi connectivity index (χ1v) is 11.1. The largest absolute Gasteiger partial charge is 0.326 e. The van der Waals surface area contributed by atoms with Crippen molar-refractivity contribution in [1.82, 2.24) is 15.1 Å². The summed E-state index contributed by atoms with van der Waals surface area (Å²) in [7, 11) is 0. The lowest BCUT2D eigenvalue weighted by molar-refractivity contribution is -0.132. The molecule has 3 heterocycles. The number of nitrogens with one attached hydrogen (secondary N) is 1. The van der Waals surface area contributed by atoms with Gasteiger partial charge in [0.25, 0.3) is 5.91 Å². The highest BCUT2D eigenvalue weighted by molar-refractivity contribution is 7.10. The molecule has 29 heavy (non-hydrogen) atoms. The summed E-state index contributed by atoms with van der Waals surface area (Å²) in [6.07, 6.45) is 2.15. The van der Waals surface area contributed by atoms with E-state index in [4.69, 9.17) is 0 Å². The van der Waals surface area contributed by atoms with Crippen LogP contribution < -0.4 is 5.32 Å². The number of hydrogen-bond acceptors (Lipinski definition) is 4. The normalized spacial score (nSPS) is 25.7. The van der Waals surface area contributed by atoms with Crippen molar-refractivity contribution in [3.05, 3.63) is 57.8 Å². The first-order chi connectivity index (χ1) is 13.7. The number of thiophene rings is 1. The van der Waals surface area contributed by atoms with Gasteiger partial charge in [-0.15, -0.1) is 11.3 Å². The Morgan fingerprint density at radius 3 is 2.52 bits per heavy atom. The zero-order chi connectivity index (χ0) is 20.8. The Hall–Kier alpha value is -2.18. The third-order valence-corrected chi connectivity index (χ3v) is 7.14. The Bertz CT molecular complexity index is 901. The summed E-state index contributed by atoms with van der Waals surface area (Å²) in [6, 6.07) is 12.2. The van der Waals surface area contributed by atoms with Gasteiger partial charge in [-0.2, -0.15) is 0 Å². The molecule has 2 atom stereocenters. The molecule has 0 aliphatic carbocycles. The van der Waals surface area contributed by atoms with E-state index < -0.39 is 5.54 Å². The summed E-state index contributed by atoms with van der Waals surface area (Å²) in [5.74, 6) is -0.178. The first-order valence-electron chi connectivity index (χ1n) is 10.2. The van der Waals surface area contributed by atoms with Gasteiger partial charge in [-0.25, -0.2) is 9.69 Å². The number of hydrogen-bond donors (Lipinski definition) is 1. The maximum Gasteiger partial charge on any atom is 0.326 e. The molecular formula is C23H29N3O2S. The lowest BCUT2D eigenvalue weighted by atomic mass is 9.84. The van der Waals surface area contributed by atoms with Gasteiger partial charge in [-0.1, -0.05) is 51.1 Å². The summed E-state index contributed by atoms with van der Waals surface area (Å²) in [5.41, 5.74) is 1.05. The highest BCUT2D eigenvalue weighted by Crippen LogP contribution is 2.36. The van der Waals surface area contributed by atoms with Gasteiger partial charge in [0.15, 0.2) is 0 Å². The summed E-state index contributed by atoms with van der Waals surface area (Å²) >= 11 is 1.74. The highest BCUT2D eigenvalue weighted by atomic mass is 32.1. The van der Waals surface area contributed by atoms with Gasteiger partial charge in [0, 0.05) is 17.5 Å². The van der Waals surface area contributed by atoms with E-state index in [0.29, 0.717) is 6.67 Å². The third-order valence-electron chi connectivity index (χ3n) is 6.16. The van der Waals surface area contributed by atoms with Gasteiger partial charge in [-0.05, 0) is 47.8 Å². The Morgan fingerprint density at radius 2 is 1.90 bits per heavy atom. The second-order valence-electron chi connectivity index (χ2n) is 9.24. The van der Waals surface area contributed by atoms with Crippen molar-refractivity contribution in [3.8, 4) is 0 Å². The first kappa shape index (κ1) is 20.1. The molecule has 2 fully saturated rings. The van der Waals surface area contributed by atoms with Gasteiger partial charge in [-0.3, -0.25) is 9.69 Å². The summed E-state index contributed by atoms with van der Waals surface area (Å²) < 4.78 is 0. The fraction of sp³-hybridized carbons (Fsp3) is 0.478. The summed E-state index contributed by atoms with van der Waals surface area (Å²) in [5, 5.41) is 5.02. The van der Waals surface area contributed by atoms with Crippen LogP contribution in [0.1, 0.15) is 62.6 Å². The van der Waals surface area contributed by atoms with Crippen molar-refractivity contribution >= 4 is 23.3 Å². The SMILES string of the molecule is CC(C)(C)c1ccc([C@]2(C)NC(=O)N(CN3CCC[C@H]3c3cccs3)C2=O)cc1. The molecule has 154 valence electrons. The molecule has 5 nitrogen and oxygen atoms in total. The van der Waals surface area contributed by atoms with Gasteiger partial charge in [0.05, 0.1) is 6.67 Å². The van der Waals surface area contributed by atoms with Crippen molar-refractivity contribution in [3.63, 3.8) is 0 Å². The number of imide groups is 1. The molecule has 2 saturated heterocycles. The van der Waals surface area contributed by atoms with Crippen molar-refractivity contribution < 1.29 is 9.59 Å². The van der Waals surface area contributed by atoms with Crippen LogP contribution in [0.15, 0.2) is 41.8 Å². The third kappa shape index (κ3) is 3.60. The maximum atomic E-state index is 13.3. The van der Waals surface area contributed by atoms with Crippen molar-refractivity contribution in [2.24, 2.45) is 0 Å².